The Morgan fingerprint density at radius 3 is 2.32 bits per heavy atom. The van der Waals surface area contributed by atoms with Crippen LogP contribution in [-0.2, 0) is 19.1 Å². The van der Waals surface area contributed by atoms with Gasteiger partial charge in [0.1, 0.15) is 5.82 Å². The van der Waals surface area contributed by atoms with Gasteiger partial charge < -0.3 is 10.1 Å². The van der Waals surface area contributed by atoms with Crippen molar-refractivity contribution in [3.63, 3.8) is 0 Å². The molecular formula is C20H17FN2O5. The van der Waals surface area contributed by atoms with E-state index < -0.39 is 23.8 Å². The molecule has 3 amide bonds. The van der Waals surface area contributed by atoms with E-state index in [2.05, 4.69) is 5.32 Å². The van der Waals surface area contributed by atoms with E-state index in [4.69, 9.17) is 4.74 Å². The number of rotatable bonds is 5. The van der Waals surface area contributed by atoms with E-state index in [1.165, 1.54) is 49.4 Å². The van der Waals surface area contributed by atoms with E-state index in [1.807, 2.05) is 0 Å². The summed E-state index contributed by atoms with van der Waals surface area (Å²) >= 11 is 0. The van der Waals surface area contributed by atoms with Crippen LogP contribution in [-0.4, -0.2) is 29.8 Å². The van der Waals surface area contributed by atoms with Crippen LogP contribution in [0.1, 0.15) is 30.1 Å². The molecule has 144 valence electrons. The minimum Gasteiger partial charge on any atom is -0.449 e. The number of hydrogen-bond donors (Lipinski definition) is 1. The average Bonchev–Trinajstić information content (AvgIpc) is 3.00. The second kappa shape index (κ2) is 7.99. The van der Waals surface area contributed by atoms with Crippen molar-refractivity contribution in [3.05, 3.63) is 59.9 Å². The molecule has 0 spiro atoms. The van der Waals surface area contributed by atoms with Gasteiger partial charge in [-0.1, -0.05) is 6.07 Å². The van der Waals surface area contributed by atoms with Crippen LogP contribution in [0.3, 0.4) is 0 Å². The van der Waals surface area contributed by atoms with Gasteiger partial charge >= 0.3 is 5.97 Å². The average molecular weight is 384 g/mol. The molecule has 0 unspecified atom stereocenters. The molecule has 0 aromatic heterocycles. The molecule has 1 aliphatic rings. The second-order valence-electron chi connectivity index (χ2n) is 6.22. The molecule has 1 atom stereocenters. The number of amides is 3. The van der Waals surface area contributed by atoms with Gasteiger partial charge in [0.2, 0.25) is 11.8 Å². The van der Waals surface area contributed by atoms with Gasteiger partial charge in [-0.3, -0.25) is 19.3 Å². The Morgan fingerprint density at radius 2 is 1.71 bits per heavy atom. The maximum Gasteiger partial charge on any atom is 0.338 e. The fraction of sp³-hybridized carbons (Fsp3) is 0.200. The number of halogens is 1. The smallest absolute Gasteiger partial charge is 0.338 e. The van der Waals surface area contributed by atoms with Crippen LogP contribution < -0.4 is 10.2 Å². The van der Waals surface area contributed by atoms with Crippen molar-refractivity contribution >= 4 is 35.1 Å². The summed E-state index contributed by atoms with van der Waals surface area (Å²) in [6.45, 7) is 1.39. The number of nitrogens with zero attached hydrogens (tertiary/aromatic N) is 1. The SMILES string of the molecule is C[C@@H](OC(=O)c1ccc(N2C(=O)CCC2=O)cc1)C(=O)Nc1cccc(F)c1. The van der Waals surface area contributed by atoms with Gasteiger partial charge in [0.25, 0.3) is 5.91 Å². The van der Waals surface area contributed by atoms with E-state index in [-0.39, 0.29) is 35.9 Å². The van der Waals surface area contributed by atoms with E-state index in [0.29, 0.717) is 5.69 Å². The van der Waals surface area contributed by atoms with Crippen molar-refractivity contribution in [1.82, 2.24) is 0 Å². The lowest BCUT2D eigenvalue weighted by Crippen LogP contribution is -2.30. The topological polar surface area (TPSA) is 92.8 Å². The van der Waals surface area contributed by atoms with Gasteiger partial charge in [-0.2, -0.15) is 0 Å². The standard InChI is InChI=1S/C20H17FN2O5/c1-12(19(26)22-15-4-2-3-14(21)11-15)28-20(27)13-5-7-16(8-6-13)23-17(24)9-10-18(23)25/h2-8,11-12H,9-10H2,1H3,(H,22,26)/t12-/m1/s1. The number of anilines is 2. The lowest BCUT2D eigenvalue weighted by molar-refractivity contribution is -0.124. The van der Waals surface area contributed by atoms with Crippen LogP contribution >= 0.6 is 0 Å². The third-order valence-corrected chi connectivity index (χ3v) is 4.16. The summed E-state index contributed by atoms with van der Waals surface area (Å²) < 4.78 is 18.3. The van der Waals surface area contributed by atoms with Crippen LogP contribution in [0.5, 0.6) is 0 Å². The highest BCUT2D eigenvalue weighted by atomic mass is 19.1. The van der Waals surface area contributed by atoms with E-state index in [0.717, 1.165) is 11.0 Å². The molecule has 0 bridgehead atoms. The molecule has 2 aromatic rings. The lowest BCUT2D eigenvalue weighted by atomic mass is 10.2. The first-order chi connectivity index (χ1) is 13.3. The molecule has 1 saturated heterocycles. The monoisotopic (exact) mass is 384 g/mol. The first kappa shape index (κ1) is 19.2. The summed E-state index contributed by atoms with van der Waals surface area (Å²) in [5.74, 6) is -2.43. The highest BCUT2D eigenvalue weighted by molar-refractivity contribution is 6.19. The number of carbonyl (C=O) groups is 4. The third kappa shape index (κ3) is 4.22. The predicted molar refractivity (Wildman–Crippen MR) is 98.1 cm³/mol. The molecule has 1 fully saturated rings. The Bertz CT molecular complexity index is 926. The molecular weight excluding hydrogens is 367 g/mol. The summed E-state index contributed by atoms with van der Waals surface area (Å²) in [4.78, 5) is 48.9. The molecule has 0 aliphatic carbocycles. The van der Waals surface area contributed by atoms with Crippen molar-refractivity contribution in [1.29, 1.82) is 0 Å². The Morgan fingerprint density at radius 1 is 1.07 bits per heavy atom. The maximum atomic E-state index is 13.2. The molecule has 28 heavy (non-hydrogen) atoms. The quantitative estimate of drug-likeness (QED) is 0.632. The van der Waals surface area contributed by atoms with Gasteiger partial charge in [0.15, 0.2) is 6.10 Å². The Labute approximate surface area is 160 Å². The molecule has 3 rings (SSSR count). The maximum absolute atomic E-state index is 13.2. The number of nitrogens with one attached hydrogen (secondary N) is 1. The number of esters is 1. The first-order valence-corrected chi connectivity index (χ1v) is 8.58. The molecule has 7 nitrogen and oxygen atoms in total. The lowest BCUT2D eigenvalue weighted by Gasteiger charge is -2.15. The number of imide groups is 1. The summed E-state index contributed by atoms with van der Waals surface area (Å²) in [7, 11) is 0. The molecule has 0 radical (unpaired) electrons. The Hall–Kier alpha value is -3.55. The summed E-state index contributed by atoms with van der Waals surface area (Å²) in [5.41, 5.74) is 0.784. The fourth-order valence-electron chi connectivity index (χ4n) is 2.70. The first-order valence-electron chi connectivity index (χ1n) is 8.58. The van der Waals surface area contributed by atoms with Crippen LogP contribution in [0, 0.1) is 5.82 Å². The molecule has 1 N–H and O–H groups in total. The molecule has 0 saturated carbocycles. The number of hydrogen-bond acceptors (Lipinski definition) is 5. The van der Waals surface area contributed by atoms with Gasteiger partial charge in [-0.15, -0.1) is 0 Å². The minimum atomic E-state index is -1.11. The highest BCUT2D eigenvalue weighted by Gasteiger charge is 2.30. The van der Waals surface area contributed by atoms with Crippen molar-refractivity contribution < 1.29 is 28.3 Å². The fourth-order valence-corrected chi connectivity index (χ4v) is 2.70. The third-order valence-electron chi connectivity index (χ3n) is 4.16. The number of ether oxygens (including phenoxy) is 1. The van der Waals surface area contributed by atoms with E-state index in [9.17, 15) is 23.6 Å². The minimum absolute atomic E-state index is 0.160. The number of carbonyl (C=O) groups excluding carboxylic acids is 4. The van der Waals surface area contributed by atoms with Crippen molar-refractivity contribution in [2.75, 3.05) is 10.2 Å². The zero-order valence-corrected chi connectivity index (χ0v) is 15.0. The van der Waals surface area contributed by atoms with Crippen molar-refractivity contribution in [2.45, 2.75) is 25.9 Å². The van der Waals surface area contributed by atoms with Crippen LogP contribution in [0.15, 0.2) is 48.5 Å². The van der Waals surface area contributed by atoms with Crippen LogP contribution in [0.2, 0.25) is 0 Å². The normalized spacial score (nSPS) is 14.7. The van der Waals surface area contributed by atoms with Gasteiger partial charge in [0, 0.05) is 18.5 Å². The van der Waals surface area contributed by atoms with Gasteiger partial charge in [-0.25, -0.2) is 9.18 Å². The molecule has 1 aliphatic heterocycles. The van der Waals surface area contributed by atoms with E-state index >= 15 is 0 Å². The van der Waals surface area contributed by atoms with Crippen LogP contribution in [0.25, 0.3) is 0 Å². The Balaban J connectivity index is 1.61. The van der Waals surface area contributed by atoms with Gasteiger partial charge in [0.05, 0.1) is 11.3 Å². The molecule has 8 heteroatoms. The summed E-state index contributed by atoms with van der Waals surface area (Å²) in [5, 5.41) is 2.46. The van der Waals surface area contributed by atoms with Crippen molar-refractivity contribution in [2.24, 2.45) is 0 Å². The zero-order chi connectivity index (χ0) is 20.3. The molecule has 1 heterocycles. The predicted octanol–water partition coefficient (Wildman–Crippen LogP) is 2.66. The van der Waals surface area contributed by atoms with Gasteiger partial charge in [-0.05, 0) is 49.4 Å². The van der Waals surface area contributed by atoms with Crippen molar-refractivity contribution in [3.8, 4) is 0 Å². The van der Waals surface area contributed by atoms with E-state index in [1.54, 1.807) is 0 Å². The highest BCUT2D eigenvalue weighted by Crippen LogP contribution is 2.23. The summed E-state index contributed by atoms with van der Waals surface area (Å²) in [6, 6.07) is 11.1. The zero-order valence-electron chi connectivity index (χ0n) is 15.0. The Kier molecular flexibility index (Phi) is 5.49. The summed E-state index contributed by atoms with van der Waals surface area (Å²) in [6.07, 6.45) is -0.779. The number of benzene rings is 2. The second-order valence-corrected chi connectivity index (χ2v) is 6.22. The molecule has 2 aromatic carbocycles. The largest absolute Gasteiger partial charge is 0.449 e. The van der Waals surface area contributed by atoms with Crippen LogP contribution in [0.4, 0.5) is 15.8 Å².